The molecule has 0 aliphatic rings. The van der Waals surface area contributed by atoms with Crippen LogP contribution in [-0.2, 0) is 0 Å². The van der Waals surface area contributed by atoms with Gasteiger partial charge in [0.2, 0.25) is 0 Å². The lowest BCUT2D eigenvalue weighted by molar-refractivity contribution is 0.264. The number of nitrogens with zero attached hydrogens (tertiary/aromatic N) is 2. The Morgan fingerprint density at radius 3 is 2.57 bits per heavy atom. The fourth-order valence-corrected chi connectivity index (χ4v) is 2.39. The number of aromatic nitrogens is 1. The van der Waals surface area contributed by atoms with E-state index in [9.17, 15) is 4.39 Å². The molecular weight excluding hydrogens is 265 g/mol. The molecule has 1 unspecified atom stereocenters. The summed E-state index contributed by atoms with van der Waals surface area (Å²) in [6, 6.07) is 3.50. The van der Waals surface area contributed by atoms with Crippen LogP contribution in [0.25, 0.3) is 0 Å². The maximum absolute atomic E-state index is 13.0. The Kier molecular flexibility index (Phi) is 9.19. The van der Waals surface area contributed by atoms with Crippen LogP contribution in [0, 0.1) is 5.82 Å². The van der Waals surface area contributed by atoms with E-state index in [1.807, 2.05) is 0 Å². The summed E-state index contributed by atoms with van der Waals surface area (Å²) in [5.41, 5.74) is 0.941. The van der Waals surface area contributed by atoms with Crippen molar-refractivity contribution < 1.29 is 4.39 Å². The number of halogens is 1. The fraction of sp³-hybridized carbons (Fsp3) is 0.706. The normalized spacial score (nSPS) is 12.8. The first-order chi connectivity index (χ1) is 10.2. The van der Waals surface area contributed by atoms with Crippen molar-refractivity contribution in [3.63, 3.8) is 0 Å². The predicted molar refractivity (Wildman–Crippen MR) is 86.9 cm³/mol. The largest absolute Gasteiger partial charge is 0.309 e. The topological polar surface area (TPSA) is 28.2 Å². The molecule has 4 heteroatoms. The van der Waals surface area contributed by atoms with E-state index in [2.05, 4.69) is 36.0 Å². The van der Waals surface area contributed by atoms with Crippen molar-refractivity contribution >= 4 is 0 Å². The Morgan fingerprint density at radius 2 is 2.00 bits per heavy atom. The van der Waals surface area contributed by atoms with Crippen molar-refractivity contribution in [2.75, 3.05) is 26.2 Å². The third-order valence-corrected chi connectivity index (χ3v) is 3.76. The molecule has 1 aromatic heterocycles. The van der Waals surface area contributed by atoms with Gasteiger partial charge in [0.05, 0.1) is 17.9 Å². The molecule has 120 valence electrons. The van der Waals surface area contributed by atoms with Gasteiger partial charge in [-0.2, -0.15) is 0 Å². The summed E-state index contributed by atoms with van der Waals surface area (Å²) in [4.78, 5) is 6.72. The summed E-state index contributed by atoms with van der Waals surface area (Å²) in [6.07, 6.45) is 5.88. The average Bonchev–Trinajstić information content (AvgIpc) is 2.51. The third-order valence-electron chi connectivity index (χ3n) is 3.76. The molecule has 0 amide bonds. The van der Waals surface area contributed by atoms with Crippen LogP contribution in [0.15, 0.2) is 18.3 Å². The molecule has 0 spiro atoms. The molecule has 0 aromatic carbocycles. The minimum Gasteiger partial charge on any atom is -0.309 e. The maximum Gasteiger partial charge on any atom is 0.141 e. The van der Waals surface area contributed by atoms with Crippen molar-refractivity contribution in [2.24, 2.45) is 0 Å². The summed E-state index contributed by atoms with van der Waals surface area (Å²) in [5, 5.41) is 3.53. The zero-order valence-electron chi connectivity index (χ0n) is 13.7. The highest BCUT2D eigenvalue weighted by Crippen LogP contribution is 2.15. The van der Waals surface area contributed by atoms with Gasteiger partial charge in [-0.25, -0.2) is 4.39 Å². The number of nitrogens with one attached hydrogen (secondary N) is 1. The van der Waals surface area contributed by atoms with Crippen molar-refractivity contribution in [3.05, 3.63) is 29.8 Å². The zero-order valence-corrected chi connectivity index (χ0v) is 13.7. The third kappa shape index (κ3) is 7.00. The van der Waals surface area contributed by atoms with Crippen LogP contribution in [0.2, 0.25) is 0 Å². The Morgan fingerprint density at radius 1 is 1.19 bits per heavy atom. The van der Waals surface area contributed by atoms with Gasteiger partial charge < -0.3 is 10.2 Å². The lowest BCUT2D eigenvalue weighted by Gasteiger charge is -2.24. The summed E-state index contributed by atoms with van der Waals surface area (Å²) < 4.78 is 13.0. The number of hydrogen-bond acceptors (Lipinski definition) is 3. The van der Waals surface area contributed by atoms with E-state index >= 15 is 0 Å². The van der Waals surface area contributed by atoms with E-state index in [0.29, 0.717) is 0 Å². The number of rotatable bonds is 11. The van der Waals surface area contributed by atoms with Gasteiger partial charge in [-0.05, 0) is 57.6 Å². The fourth-order valence-electron chi connectivity index (χ4n) is 2.39. The van der Waals surface area contributed by atoms with Crippen LogP contribution in [0.4, 0.5) is 4.39 Å². The Labute approximate surface area is 129 Å². The van der Waals surface area contributed by atoms with E-state index in [4.69, 9.17) is 0 Å². The molecular formula is C17H30FN3. The average molecular weight is 295 g/mol. The lowest BCUT2D eigenvalue weighted by Crippen LogP contribution is -2.31. The van der Waals surface area contributed by atoms with Gasteiger partial charge in [-0.1, -0.05) is 27.2 Å². The monoisotopic (exact) mass is 295 g/mol. The number of unbranched alkanes of at least 4 members (excludes halogenated alkanes) is 1. The molecule has 0 fully saturated rings. The van der Waals surface area contributed by atoms with Crippen LogP contribution < -0.4 is 5.32 Å². The molecule has 0 aliphatic heterocycles. The first-order valence-corrected chi connectivity index (χ1v) is 8.28. The van der Waals surface area contributed by atoms with E-state index in [-0.39, 0.29) is 11.9 Å². The highest BCUT2D eigenvalue weighted by Gasteiger charge is 2.14. The molecule has 0 aliphatic carbocycles. The van der Waals surface area contributed by atoms with Gasteiger partial charge in [0.1, 0.15) is 5.82 Å². The van der Waals surface area contributed by atoms with Crippen LogP contribution >= 0.6 is 0 Å². The maximum atomic E-state index is 13.0. The molecule has 1 aromatic rings. The summed E-state index contributed by atoms with van der Waals surface area (Å²) >= 11 is 0. The van der Waals surface area contributed by atoms with Gasteiger partial charge in [0.25, 0.3) is 0 Å². The first-order valence-electron chi connectivity index (χ1n) is 8.28. The Bertz CT molecular complexity index is 367. The summed E-state index contributed by atoms with van der Waals surface area (Å²) in [6.45, 7) is 10.8. The van der Waals surface area contributed by atoms with Gasteiger partial charge in [-0.3, -0.25) is 4.98 Å². The van der Waals surface area contributed by atoms with Gasteiger partial charge in [-0.15, -0.1) is 0 Å². The van der Waals surface area contributed by atoms with E-state index in [1.165, 1.54) is 25.1 Å². The second-order valence-electron chi connectivity index (χ2n) is 5.48. The lowest BCUT2D eigenvalue weighted by atomic mass is 10.1. The number of pyridine rings is 1. The van der Waals surface area contributed by atoms with Crippen molar-refractivity contribution in [1.82, 2.24) is 15.2 Å². The quantitative estimate of drug-likeness (QED) is 0.673. The van der Waals surface area contributed by atoms with Gasteiger partial charge >= 0.3 is 0 Å². The van der Waals surface area contributed by atoms with E-state index in [0.717, 1.165) is 44.7 Å². The molecule has 0 bridgehead atoms. The van der Waals surface area contributed by atoms with Crippen molar-refractivity contribution in [2.45, 2.75) is 52.5 Å². The minimum atomic E-state index is -0.272. The number of hydrogen-bond donors (Lipinski definition) is 1. The highest BCUT2D eigenvalue weighted by atomic mass is 19.1. The molecule has 1 atom stereocenters. The predicted octanol–water partition coefficient (Wildman–Crippen LogP) is 3.77. The second-order valence-corrected chi connectivity index (χ2v) is 5.48. The molecule has 0 radical (unpaired) electrons. The van der Waals surface area contributed by atoms with Crippen LogP contribution in [0.3, 0.4) is 0 Å². The molecule has 1 rings (SSSR count). The van der Waals surface area contributed by atoms with Crippen LogP contribution in [-0.4, -0.2) is 36.1 Å². The van der Waals surface area contributed by atoms with E-state index < -0.39 is 0 Å². The van der Waals surface area contributed by atoms with Gasteiger partial charge in [0.15, 0.2) is 0 Å². The Hall–Kier alpha value is -1.00. The summed E-state index contributed by atoms with van der Waals surface area (Å²) in [7, 11) is 0. The smallest absolute Gasteiger partial charge is 0.141 e. The van der Waals surface area contributed by atoms with Crippen molar-refractivity contribution in [3.8, 4) is 0 Å². The van der Waals surface area contributed by atoms with Gasteiger partial charge in [0, 0.05) is 0 Å². The first kappa shape index (κ1) is 18.1. The van der Waals surface area contributed by atoms with Crippen molar-refractivity contribution in [1.29, 1.82) is 0 Å². The Balaban J connectivity index is 2.58. The molecule has 3 nitrogen and oxygen atoms in total. The summed E-state index contributed by atoms with van der Waals surface area (Å²) in [5.74, 6) is -0.272. The zero-order chi connectivity index (χ0) is 15.5. The van der Waals surface area contributed by atoms with Crippen LogP contribution in [0.5, 0.6) is 0 Å². The molecule has 0 saturated heterocycles. The minimum absolute atomic E-state index is 0.209. The highest BCUT2D eigenvalue weighted by molar-refractivity contribution is 5.10. The molecule has 21 heavy (non-hydrogen) atoms. The second kappa shape index (κ2) is 10.7. The molecule has 1 heterocycles. The SMILES string of the molecule is CCCCN(CC)CCC(NCCC)c1ccc(F)cn1. The molecule has 0 saturated carbocycles. The van der Waals surface area contributed by atoms with Crippen LogP contribution in [0.1, 0.15) is 58.2 Å². The van der Waals surface area contributed by atoms with E-state index in [1.54, 1.807) is 6.07 Å². The standard InChI is InChI=1S/C17H30FN3/c1-4-7-12-21(6-3)13-10-17(19-11-5-2)16-9-8-15(18)14-20-16/h8-9,14,17,19H,4-7,10-13H2,1-3H3. The molecule has 1 N–H and O–H groups in total.